The summed E-state index contributed by atoms with van der Waals surface area (Å²) in [7, 11) is 0. The highest BCUT2D eigenvalue weighted by atomic mass is 16.4. The molecule has 0 aromatic carbocycles. The third-order valence-corrected chi connectivity index (χ3v) is 2.25. The Labute approximate surface area is 96.4 Å². The molecule has 0 aromatic rings. The Morgan fingerprint density at radius 2 is 1.88 bits per heavy atom. The molecule has 5 nitrogen and oxygen atoms in total. The number of carbonyl (C=O) groups excluding carboxylic acids is 1. The molecule has 1 amide bonds. The summed E-state index contributed by atoms with van der Waals surface area (Å²) in [5, 5.41) is 11.4. The lowest BCUT2D eigenvalue weighted by atomic mass is 9.99. The molecule has 0 spiro atoms. The van der Waals surface area contributed by atoms with Crippen LogP contribution in [0, 0.1) is 5.92 Å². The van der Waals surface area contributed by atoms with Gasteiger partial charge in [0.15, 0.2) is 0 Å². The molecular formula is C11H22N2O3. The van der Waals surface area contributed by atoms with E-state index >= 15 is 0 Å². The van der Waals surface area contributed by atoms with Crippen LogP contribution in [0.15, 0.2) is 0 Å². The second-order valence-electron chi connectivity index (χ2n) is 5.12. The molecule has 0 aromatic heterocycles. The molecule has 0 aliphatic carbocycles. The maximum atomic E-state index is 11.5. The molecule has 1 unspecified atom stereocenters. The summed E-state index contributed by atoms with van der Waals surface area (Å²) < 4.78 is 0. The first-order valence-corrected chi connectivity index (χ1v) is 5.44. The molecule has 0 saturated carbocycles. The molecule has 0 bridgehead atoms. The number of nitrogens with two attached hydrogens (primary N) is 1. The lowest BCUT2D eigenvalue weighted by molar-refractivity contribution is -0.143. The molecule has 1 atom stereocenters. The first-order chi connectivity index (χ1) is 7.13. The average Bonchev–Trinajstić information content (AvgIpc) is 2.08. The van der Waals surface area contributed by atoms with Crippen molar-refractivity contribution in [2.24, 2.45) is 11.7 Å². The van der Waals surface area contributed by atoms with E-state index in [1.807, 2.05) is 13.8 Å². The maximum absolute atomic E-state index is 11.5. The Hall–Kier alpha value is -1.10. The summed E-state index contributed by atoms with van der Waals surface area (Å²) in [6.07, 6.45) is 0.781. The van der Waals surface area contributed by atoms with Crippen molar-refractivity contribution in [2.45, 2.75) is 52.1 Å². The zero-order valence-electron chi connectivity index (χ0n) is 10.4. The third-order valence-electron chi connectivity index (χ3n) is 2.25. The highest BCUT2D eigenvalue weighted by Gasteiger charge is 2.23. The van der Waals surface area contributed by atoms with Gasteiger partial charge in [0.1, 0.15) is 6.04 Å². The molecule has 0 rings (SSSR count). The minimum atomic E-state index is -1.00. The normalized spacial score (nSPS) is 13.6. The molecule has 0 radical (unpaired) electrons. The fourth-order valence-electron chi connectivity index (χ4n) is 1.19. The van der Waals surface area contributed by atoms with Gasteiger partial charge in [-0.1, -0.05) is 13.8 Å². The van der Waals surface area contributed by atoms with E-state index in [9.17, 15) is 9.59 Å². The van der Waals surface area contributed by atoms with Crippen LogP contribution in [0.4, 0.5) is 0 Å². The van der Waals surface area contributed by atoms with E-state index in [1.165, 1.54) is 0 Å². The summed E-state index contributed by atoms with van der Waals surface area (Å²) in [4.78, 5) is 22.3. The standard InChI is InChI=1S/C11H22N2O3/c1-7(2)9(10(15)16)13-8(14)5-6-11(3,4)12/h7,9H,5-6,12H2,1-4H3,(H,13,14)(H,15,16). The number of carbonyl (C=O) groups is 2. The number of aliphatic carboxylic acids is 1. The molecule has 0 aliphatic rings. The Morgan fingerprint density at radius 1 is 1.38 bits per heavy atom. The van der Waals surface area contributed by atoms with Gasteiger partial charge >= 0.3 is 5.97 Å². The molecule has 0 aliphatic heterocycles. The van der Waals surface area contributed by atoms with Crippen molar-refractivity contribution in [1.82, 2.24) is 5.32 Å². The second-order valence-corrected chi connectivity index (χ2v) is 5.12. The predicted molar refractivity (Wildman–Crippen MR) is 61.9 cm³/mol. The topological polar surface area (TPSA) is 92.4 Å². The Balaban J connectivity index is 4.17. The van der Waals surface area contributed by atoms with E-state index in [0.29, 0.717) is 6.42 Å². The lowest BCUT2D eigenvalue weighted by Crippen LogP contribution is -2.45. The molecule has 0 saturated heterocycles. The first-order valence-electron chi connectivity index (χ1n) is 5.44. The molecule has 94 valence electrons. The van der Waals surface area contributed by atoms with Crippen molar-refractivity contribution >= 4 is 11.9 Å². The number of carboxylic acids is 1. The number of nitrogens with one attached hydrogen (secondary N) is 1. The molecule has 0 fully saturated rings. The average molecular weight is 230 g/mol. The summed E-state index contributed by atoms with van der Waals surface area (Å²) in [5.41, 5.74) is 5.33. The van der Waals surface area contributed by atoms with Crippen molar-refractivity contribution < 1.29 is 14.7 Å². The molecule has 5 heteroatoms. The van der Waals surface area contributed by atoms with E-state index in [-0.39, 0.29) is 18.2 Å². The van der Waals surface area contributed by atoms with Crippen LogP contribution in [-0.2, 0) is 9.59 Å². The van der Waals surface area contributed by atoms with Gasteiger partial charge in [-0.2, -0.15) is 0 Å². The van der Waals surface area contributed by atoms with Crippen LogP contribution < -0.4 is 11.1 Å². The lowest BCUT2D eigenvalue weighted by Gasteiger charge is -2.20. The van der Waals surface area contributed by atoms with Gasteiger partial charge in [0.25, 0.3) is 0 Å². The SMILES string of the molecule is CC(C)C(NC(=O)CCC(C)(C)N)C(=O)O. The number of hydrogen-bond donors (Lipinski definition) is 3. The van der Waals surface area contributed by atoms with Crippen LogP contribution in [0.5, 0.6) is 0 Å². The molecule has 0 heterocycles. The van der Waals surface area contributed by atoms with Crippen molar-refractivity contribution in [3.05, 3.63) is 0 Å². The summed E-state index contributed by atoms with van der Waals surface area (Å²) in [6.45, 7) is 7.17. The van der Waals surface area contributed by atoms with Crippen molar-refractivity contribution in [2.75, 3.05) is 0 Å². The van der Waals surface area contributed by atoms with Crippen molar-refractivity contribution in [1.29, 1.82) is 0 Å². The maximum Gasteiger partial charge on any atom is 0.326 e. The highest BCUT2D eigenvalue weighted by molar-refractivity contribution is 5.83. The van der Waals surface area contributed by atoms with E-state index in [1.54, 1.807) is 13.8 Å². The first kappa shape index (κ1) is 14.9. The summed E-state index contributed by atoms with van der Waals surface area (Å²) in [6, 6.07) is -0.826. The largest absolute Gasteiger partial charge is 0.480 e. The fourth-order valence-corrected chi connectivity index (χ4v) is 1.19. The number of rotatable bonds is 6. The summed E-state index contributed by atoms with van der Waals surface area (Å²) in [5.74, 6) is -1.40. The van der Waals surface area contributed by atoms with Gasteiger partial charge < -0.3 is 16.2 Å². The smallest absolute Gasteiger partial charge is 0.326 e. The number of carboxylic acid groups (broad SMARTS) is 1. The second kappa shape index (κ2) is 5.84. The van der Waals surface area contributed by atoms with Gasteiger partial charge in [0.2, 0.25) is 5.91 Å². The van der Waals surface area contributed by atoms with Gasteiger partial charge in [-0.25, -0.2) is 4.79 Å². The number of amides is 1. The Morgan fingerprint density at radius 3 is 2.19 bits per heavy atom. The van der Waals surface area contributed by atoms with Gasteiger partial charge in [0.05, 0.1) is 0 Å². The molecule has 16 heavy (non-hydrogen) atoms. The quantitative estimate of drug-likeness (QED) is 0.627. The van der Waals surface area contributed by atoms with E-state index < -0.39 is 17.6 Å². The van der Waals surface area contributed by atoms with Gasteiger partial charge in [-0.15, -0.1) is 0 Å². The van der Waals surface area contributed by atoms with E-state index in [4.69, 9.17) is 10.8 Å². The van der Waals surface area contributed by atoms with Gasteiger partial charge in [-0.05, 0) is 26.2 Å². The van der Waals surface area contributed by atoms with Crippen molar-refractivity contribution in [3.8, 4) is 0 Å². The predicted octanol–water partition coefficient (Wildman–Crippen LogP) is 0.729. The fraction of sp³-hybridized carbons (Fsp3) is 0.818. The molecule has 4 N–H and O–H groups in total. The van der Waals surface area contributed by atoms with Gasteiger partial charge in [0, 0.05) is 12.0 Å². The van der Waals surface area contributed by atoms with E-state index in [2.05, 4.69) is 5.32 Å². The van der Waals surface area contributed by atoms with Crippen molar-refractivity contribution in [3.63, 3.8) is 0 Å². The highest BCUT2D eigenvalue weighted by Crippen LogP contribution is 2.08. The molecular weight excluding hydrogens is 208 g/mol. The van der Waals surface area contributed by atoms with E-state index in [0.717, 1.165) is 0 Å². The van der Waals surface area contributed by atoms with Crippen LogP contribution >= 0.6 is 0 Å². The summed E-state index contributed by atoms with van der Waals surface area (Å²) >= 11 is 0. The van der Waals surface area contributed by atoms with Crippen LogP contribution in [0.3, 0.4) is 0 Å². The van der Waals surface area contributed by atoms with Crippen LogP contribution in [-0.4, -0.2) is 28.6 Å². The zero-order valence-corrected chi connectivity index (χ0v) is 10.4. The van der Waals surface area contributed by atoms with Gasteiger partial charge in [-0.3, -0.25) is 4.79 Å². The third kappa shape index (κ3) is 6.40. The Bertz CT molecular complexity index is 256. The minimum absolute atomic E-state index is 0.132. The van der Waals surface area contributed by atoms with Crippen LogP contribution in [0.2, 0.25) is 0 Å². The Kier molecular flexibility index (Phi) is 5.44. The zero-order chi connectivity index (χ0) is 12.9. The van der Waals surface area contributed by atoms with Crippen LogP contribution in [0.1, 0.15) is 40.5 Å². The van der Waals surface area contributed by atoms with Crippen LogP contribution in [0.25, 0.3) is 0 Å². The minimum Gasteiger partial charge on any atom is -0.480 e. The number of hydrogen-bond acceptors (Lipinski definition) is 3. The monoisotopic (exact) mass is 230 g/mol.